The third-order valence-corrected chi connectivity index (χ3v) is 3.55. The third kappa shape index (κ3) is 8.51. The number of carboxylic acids is 1. The molecule has 5 nitrogen and oxygen atoms in total. The summed E-state index contributed by atoms with van der Waals surface area (Å²) in [5.74, 6) is -0.704. The first-order chi connectivity index (χ1) is 9.72. The number of carboxylic acid groups (broad SMARTS) is 1. The lowest BCUT2D eigenvalue weighted by Gasteiger charge is -2.27. The molecule has 5 heteroatoms. The highest BCUT2D eigenvalue weighted by molar-refractivity contribution is 5.66. The Balaban J connectivity index is 1.98. The van der Waals surface area contributed by atoms with Crippen molar-refractivity contribution in [3.63, 3.8) is 0 Å². The van der Waals surface area contributed by atoms with Gasteiger partial charge in [0, 0.05) is 19.6 Å². The molecule has 0 radical (unpaired) electrons. The Hall–Kier alpha value is -0.650. The van der Waals surface area contributed by atoms with Gasteiger partial charge >= 0.3 is 5.97 Å². The highest BCUT2D eigenvalue weighted by Crippen LogP contribution is 2.16. The van der Waals surface area contributed by atoms with Gasteiger partial charge < -0.3 is 19.9 Å². The summed E-state index contributed by atoms with van der Waals surface area (Å²) in [7, 11) is 0. The summed E-state index contributed by atoms with van der Waals surface area (Å²) in [5, 5.41) is 11.9. The first-order valence-electron chi connectivity index (χ1n) is 7.92. The number of hydrogen-bond acceptors (Lipinski definition) is 4. The fourth-order valence-corrected chi connectivity index (χ4v) is 2.29. The van der Waals surface area contributed by atoms with Crippen LogP contribution in [0.2, 0.25) is 0 Å². The molecule has 118 valence electrons. The lowest BCUT2D eigenvalue weighted by molar-refractivity contribution is -0.187. The van der Waals surface area contributed by atoms with Crippen LogP contribution in [0.3, 0.4) is 0 Å². The van der Waals surface area contributed by atoms with Crippen molar-refractivity contribution < 1.29 is 19.4 Å². The van der Waals surface area contributed by atoms with Crippen molar-refractivity contribution in [3.8, 4) is 0 Å². The van der Waals surface area contributed by atoms with Crippen molar-refractivity contribution in [1.82, 2.24) is 5.32 Å². The third-order valence-electron chi connectivity index (χ3n) is 3.55. The average molecular weight is 287 g/mol. The van der Waals surface area contributed by atoms with Crippen molar-refractivity contribution in [1.29, 1.82) is 0 Å². The van der Waals surface area contributed by atoms with Gasteiger partial charge in [-0.15, -0.1) is 0 Å². The Labute approximate surface area is 122 Å². The number of ether oxygens (including phenoxy) is 2. The van der Waals surface area contributed by atoms with Gasteiger partial charge in [0.1, 0.15) is 0 Å². The standard InChI is InChI=1S/C15H29NO4/c1-2-13(20-15-9-5-7-11-19-15)12-16-10-6-3-4-8-14(17)18/h13,15-16H,2-12H2,1H3,(H,17,18). The molecule has 1 heterocycles. The quantitative estimate of drug-likeness (QED) is 0.572. The van der Waals surface area contributed by atoms with E-state index in [1.807, 2.05) is 0 Å². The van der Waals surface area contributed by atoms with Crippen LogP contribution in [0.4, 0.5) is 0 Å². The van der Waals surface area contributed by atoms with Gasteiger partial charge in [-0.3, -0.25) is 4.79 Å². The van der Waals surface area contributed by atoms with Gasteiger partial charge in [0.15, 0.2) is 6.29 Å². The van der Waals surface area contributed by atoms with Crippen LogP contribution in [0.15, 0.2) is 0 Å². The van der Waals surface area contributed by atoms with E-state index in [2.05, 4.69) is 12.2 Å². The molecule has 2 atom stereocenters. The molecule has 0 aromatic carbocycles. The Bertz CT molecular complexity index is 254. The van der Waals surface area contributed by atoms with Crippen LogP contribution >= 0.6 is 0 Å². The van der Waals surface area contributed by atoms with Crippen LogP contribution in [-0.2, 0) is 14.3 Å². The molecular formula is C15H29NO4. The van der Waals surface area contributed by atoms with Crippen molar-refractivity contribution in [3.05, 3.63) is 0 Å². The molecule has 0 bridgehead atoms. The molecule has 2 N–H and O–H groups in total. The van der Waals surface area contributed by atoms with E-state index in [4.69, 9.17) is 14.6 Å². The summed E-state index contributed by atoms with van der Waals surface area (Å²) >= 11 is 0. The summed E-state index contributed by atoms with van der Waals surface area (Å²) in [6.45, 7) is 4.71. The Morgan fingerprint density at radius 1 is 1.40 bits per heavy atom. The first-order valence-corrected chi connectivity index (χ1v) is 7.92. The van der Waals surface area contributed by atoms with Crippen molar-refractivity contribution in [2.45, 2.75) is 70.7 Å². The highest BCUT2D eigenvalue weighted by Gasteiger charge is 2.18. The van der Waals surface area contributed by atoms with Crippen LogP contribution in [0.25, 0.3) is 0 Å². The lowest BCUT2D eigenvalue weighted by Crippen LogP contribution is -2.34. The molecule has 0 spiro atoms. The van der Waals surface area contributed by atoms with Gasteiger partial charge in [0.2, 0.25) is 0 Å². The number of carbonyl (C=O) groups is 1. The van der Waals surface area contributed by atoms with Gasteiger partial charge in [0.05, 0.1) is 6.10 Å². The van der Waals surface area contributed by atoms with Crippen LogP contribution in [-0.4, -0.2) is 43.2 Å². The number of nitrogens with one attached hydrogen (secondary N) is 1. The SMILES string of the molecule is CCC(CNCCCCCC(=O)O)OC1CCCCO1. The maximum absolute atomic E-state index is 10.4. The molecule has 0 aromatic heterocycles. The van der Waals surface area contributed by atoms with Gasteiger partial charge in [-0.1, -0.05) is 13.3 Å². The van der Waals surface area contributed by atoms with Gasteiger partial charge in [0.25, 0.3) is 0 Å². The van der Waals surface area contributed by atoms with Crippen LogP contribution < -0.4 is 5.32 Å². The van der Waals surface area contributed by atoms with E-state index in [0.29, 0.717) is 0 Å². The van der Waals surface area contributed by atoms with E-state index in [0.717, 1.165) is 58.2 Å². The van der Waals surface area contributed by atoms with E-state index in [1.54, 1.807) is 0 Å². The number of unbranched alkanes of at least 4 members (excludes halogenated alkanes) is 2. The monoisotopic (exact) mass is 287 g/mol. The Morgan fingerprint density at radius 2 is 2.25 bits per heavy atom. The lowest BCUT2D eigenvalue weighted by atomic mass is 10.2. The minimum absolute atomic E-state index is 0.0222. The molecule has 0 aromatic rings. The fourth-order valence-electron chi connectivity index (χ4n) is 2.29. The molecular weight excluding hydrogens is 258 g/mol. The number of hydrogen-bond donors (Lipinski definition) is 2. The molecule has 2 unspecified atom stereocenters. The normalized spacial score (nSPS) is 20.8. The molecule has 1 fully saturated rings. The van der Waals surface area contributed by atoms with Crippen molar-refractivity contribution in [2.24, 2.45) is 0 Å². The predicted molar refractivity (Wildman–Crippen MR) is 77.7 cm³/mol. The predicted octanol–water partition coefficient (Wildman–Crippen LogP) is 2.54. The zero-order valence-corrected chi connectivity index (χ0v) is 12.6. The van der Waals surface area contributed by atoms with Crippen LogP contribution in [0.5, 0.6) is 0 Å². The van der Waals surface area contributed by atoms with Gasteiger partial charge in [-0.25, -0.2) is 0 Å². The van der Waals surface area contributed by atoms with E-state index in [1.165, 1.54) is 6.42 Å². The summed E-state index contributed by atoms with van der Waals surface area (Å²) < 4.78 is 11.5. The maximum Gasteiger partial charge on any atom is 0.303 e. The zero-order valence-electron chi connectivity index (χ0n) is 12.6. The molecule has 1 aliphatic rings. The molecule has 1 aliphatic heterocycles. The number of rotatable bonds is 11. The summed E-state index contributed by atoms with van der Waals surface area (Å²) in [6, 6.07) is 0. The molecule has 1 saturated heterocycles. The average Bonchev–Trinajstić information content (AvgIpc) is 2.45. The molecule has 0 amide bonds. The van der Waals surface area contributed by atoms with Crippen molar-refractivity contribution in [2.75, 3.05) is 19.7 Å². The topological polar surface area (TPSA) is 67.8 Å². The molecule has 20 heavy (non-hydrogen) atoms. The minimum atomic E-state index is -0.704. The Kier molecular flexibility index (Phi) is 9.62. The minimum Gasteiger partial charge on any atom is -0.481 e. The largest absolute Gasteiger partial charge is 0.481 e. The fraction of sp³-hybridized carbons (Fsp3) is 0.933. The van der Waals surface area contributed by atoms with Crippen LogP contribution in [0.1, 0.15) is 58.3 Å². The molecule has 0 saturated carbocycles. The highest BCUT2D eigenvalue weighted by atomic mass is 16.7. The zero-order chi connectivity index (χ0) is 14.6. The molecule has 0 aliphatic carbocycles. The second-order valence-corrected chi connectivity index (χ2v) is 5.37. The summed E-state index contributed by atoms with van der Waals surface area (Å²) in [4.78, 5) is 10.4. The second kappa shape index (κ2) is 11.1. The van der Waals surface area contributed by atoms with E-state index in [9.17, 15) is 4.79 Å². The second-order valence-electron chi connectivity index (χ2n) is 5.37. The van der Waals surface area contributed by atoms with Gasteiger partial charge in [-0.05, 0) is 45.1 Å². The van der Waals surface area contributed by atoms with E-state index < -0.39 is 5.97 Å². The first kappa shape index (κ1) is 17.4. The Morgan fingerprint density at radius 3 is 2.90 bits per heavy atom. The van der Waals surface area contributed by atoms with Gasteiger partial charge in [-0.2, -0.15) is 0 Å². The summed E-state index contributed by atoms with van der Waals surface area (Å²) in [6.07, 6.45) is 7.52. The van der Waals surface area contributed by atoms with E-state index in [-0.39, 0.29) is 18.8 Å². The number of aliphatic carboxylic acids is 1. The van der Waals surface area contributed by atoms with Crippen molar-refractivity contribution >= 4 is 5.97 Å². The smallest absolute Gasteiger partial charge is 0.303 e. The maximum atomic E-state index is 10.4. The van der Waals surface area contributed by atoms with Crippen LogP contribution in [0, 0.1) is 0 Å². The molecule has 1 rings (SSSR count). The van der Waals surface area contributed by atoms with E-state index >= 15 is 0 Å². The summed E-state index contributed by atoms with van der Waals surface area (Å²) in [5.41, 5.74) is 0.